The summed E-state index contributed by atoms with van der Waals surface area (Å²) >= 11 is 0. The van der Waals surface area contributed by atoms with E-state index in [-0.39, 0.29) is 22.7 Å². The lowest BCUT2D eigenvalue weighted by Crippen LogP contribution is -2.66. The summed E-state index contributed by atoms with van der Waals surface area (Å²) in [6.45, 7) is -0.684. The Morgan fingerprint density at radius 1 is 1.20 bits per heavy atom. The Kier molecular flexibility index (Phi) is 4.99. The summed E-state index contributed by atoms with van der Waals surface area (Å²) in [5, 5.41) is 30.5. The number of carbonyl (C=O) groups excluding carboxylic acids is 3. The molecule has 2 aliphatic rings. The SMILES string of the molecule is NC(=O)c1[nH]cnc1O[C@@H]1O[C@H](CO)[C@@H](O)[C@H](O)[C@@H]1N1C(=O)c2ccccc2C1=O. The smallest absolute Gasteiger partial charge is 0.270 e. The van der Waals surface area contributed by atoms with Gasteiger partial charge >= 0.3 is 0 Å². The number of fused-ring (bicyclic) bond motifs is 1. The average Bonchev–Trinajstić information content (AvgIpc) is 3.29. The molecular weight excluding hydrogens is 400 g/mol. The topological polar surface area (TPSA) is 188 Å². The molecular formula is C18H18N4O8. The molecule has 2 aromatic rings. The highest BCUT2D eigenvalue weighted by Crippen LogP contribution is 2.33. The first-order chi connectivity index (χ1) is 14.3. The second-order valence-corrected chi connectivity index (χ2v) is 6.79. The Morgan fingerprint density at radius 2 is 1.83 bits per heavy atom. The van der Waals surface area contributed by atoms with Crippen LogP contribution in [0.3, 0.4) is 0 Å². The Hall–Kier alpha value is -3.32. The number of imidazole rings is 1. The number of nitrogens with two attached hydrogens (primary N) is 1. The number of benzene rings is 1. The molecule has 6 N–H and O–H groups in total. The number of H-pyrrole nitrogens is 1. The summed E-state index contributed by atoms with van der Waals surface area (Å²) in [7, 11) is 0. The Morgan fingerprint density at radius 3 is 2.40 bits per heavy atom. The van der Waals surface area contributed by atoms with Gasteiger partial charge in [-0.2, -0.15) is 0 Å². The zero-order valence-corrected chi connectivity index (χ0v) is 15.3. The van der Waals surface area contributed by atoms with Crippen molar-refractivity contribution in [2.75, 3.05) is 6.61 Å². The largest absolute Gasteiger partial charge is 0.444 e. The van der Waals surface area contributed by atoms with Gasteiger partial charge in [0.2, 0.25) is 12.2 Å². The normalized spacial score (nSPS) is 28.5. The molecule has 1 saturated heterocycles. The van der Waals surface area contributed by atoms with Crippen LogP contribution < -0.4 is 10.5 Å². The maximum Gasteiger partial charge on any atom is 0.270 e. The predicted molar refractivity (Wildman–Crippen MR) is 96.2 cm³/mol. The van der Waals surface area contributed by atoms with E-state index in [1.165, 1.54) is 12.1 Å². The minimum atomic E-state index is -1.72. The van der Waals surface area contributed by atoms with Gasteiger partial charge in [-0.05, 0) is 12.1 Å². The van der Waals surface area contributed by atoms with Crippen molar-refractivity contribution in [1.29, 1.82) is 0 Å². The Bertz CT molecular complexity index is 973. The molecule has 2 aliphatic heterocycles. The lowest BCUT2D eigenvalue weighted by atomic mass is 9.95. The first-order valence-electron chi connectivity index (χ1n) is 8.94. The van der Waals surface area contributed by atoms with Crippen LogP contribution in [0.15, 0.2) is 30.6 Å². The highest BCUT2D eigenvalue weighted by molar-refractivity contribution is 6.21. The van der Waals surface area contributed by atoms with Crippen molar-refractivity contribution in [2.24, 2.45) is 5.73 Å². The Labute approximate surface area is 168 Å². The minimum Gasteiger partial charge on any atom is -0.444 e. The molecule has 5 atom stereocenters. The number of nitrogens with one attached hydrogen (secondary N) is 1. The summed E-state index contributed by atoms with van der Waals surface area (Å²) in [6, 6.07) is 4.55. The summed E-state index contributed by atoms with van der Waals surface area (Å²) in [5.74, 6) is -2.63. The monoisotopic (exact) mass is 418 g/mol. The molecule has 12 nitrogen and oxygen atoms in total. The Balaban J connectivity index is 1.73. The highest BCUT2D eigenvalue weighted by Gasteiger charge is 2.54. The van der Waals surface area contributed by atoms with Crippen molar-refractivity contribution in [1.82, 2.24) is 14.9 Å². The summed E-state index contributed by atoms with van der Waals surface area (Å²) < 4.78 is 11.1. The van der Waals surface area contributed by atoms with Crippen LogP contribution in [-0.4, -0.2) is 85.2 Å². The van der Waals surface area contributed by atoms with Crippen molar-refractivity contribution >= 4 is 17.7 Å². The number of aromatic nitrogens is 2. The molecule has 30 heavy (non-hydrogen) atoms. The number of amides is 3. The van der Waals surface area contributed by atoms with Crippen molar-refractivity contribution < 1.29 is 39.2 Å². The zero-order chi connectivity index (χ0) is 21.6. The van der Waals surface area contributed by atoms with Gasteiger partial charge in [0.25, 0.3) is 17.7 Å². The quantitative estimate of drug-likeness (QED) is 0.342. The number of aliphatic hydroxyl groups excluding tert-OH is 3. The number of nitrogens with zero attached hydrogens (tertiary/aromatic N) is 2. The van der Waals surface area contributed by atoms with E-state index in [2.05, 4.69) is 9.97 Å². The molecule has 12 heteroatoms. The second kappa shape index (κ2) is 7.50. The molecule has 0 spiro atoms. The average molecular weight is 418 g/mol. The third kappa shape index (κ3) is 3.02. The lowest BCUT2D eigenvalue weighted by Gasteiger charge is -2.44. The molecule has 0 radical (unpaired) electrons. The van der Waals surface area contributed by atoms with Crippen LogP contribution in [0, 0.1) is 0 Å². The highest BCUT2D eigenvalue weighted by atomic mass is 16.7. The number of aromatic amines is 1. The fourth-order valence-electron chi connectivity index (χ4n) is 3.58. The van der Waals surface area contributed by atoms with Crippen LogP contribution >= 0.6 is 0 Å². The third-order valence-electron chi connectivity index (χ3n) is 5.05. The van der Waals surface area contributed by atoms with E-state index in [1.807, 2.05) is 0 Å². The van der Waals surface area contributed by atoms with Crippen molar-refractivity contribution in [2.45, 2.75) is 30.6 Å². The van der Waals surface area contributed by atoms with Gasteiger partial charge in [-0.3, -0.25) is 19.3 Å². The van der Waals surface area contributed by atoms with E-state index >= 15 is 0 Å². The molecule has 1 aromatic heterocycles. The minimum absolute atomic E-state index is 0.116. The lowest BCUT2D eigenvalue weighted by molar-refractivity contribution is -0.254. The van der Waals surface area contributed by atoms with Gasteiger partial charge in [-0.15, -0.1) is 0 Å². The van der Waals surface area contributed by atoms with Gasteiger partial charge < -0.3 is 35.5 Å². The summed E-state index contributed by atoms with van der Waals surface area (Å²) in [6.07, 6.45) is -5.07. The number of carbonyl (C=O) groups is 3. The molecule has 1 aromatic carbocycles. The molecule has 0 bridgehead atoms. The molecule has 0 saturated carbocycles. The van der Waals surface area contributed by atoms with Gasteiger partial charge in [0, 0.05) is 0 Å². The zero-order valence-electron chi connectivity index (χ0n) is 15.3. The second-order valence-electron chi connectivity index (χ2n) is 6.79. The fourth-order valence-corrected chi connectivity index (χ4v) is 3.58. The molecule has 0 aliphatic carbocycles. The maximum absolute atomic E-state index is 12.9. The summed E-state index contributed by atoms with van der Waals surface area (Å²) in [4.78, 5) is 44.3. The first-order valence-corrected chi connectivity index (χ1v) is 8.94. The van der Waals surface area contributed by atoms with Gasteiger partial charge in [0.15, 0.2) is 5.69 Å². The van der Waals surface area contributed by atoms with Gasteiger partial charge in [-0.25, -0.2) is 4.98 Å². The number of aliphatic hydroxyl groups is 3. The number of ether oxygens (including phenoxy) is 2. The molecule has 158 valence electrons. The van der Waals surface area contributed by atoms with E-state index in [4.69, 9.17) is 15.2 Å². The van der Waals surface area contributed by atoms with Crippen LogP contribution in [0.5, 0.6) is 5.88 Å². The molecule has 1 fully saturated rings. The van der Waals surface area contributed by atoms with Gasteiger partial charge in [0.05, 0.1) is 24.1 Å². The fraction of sp³-hybridized carbons (Fsp3) is 0.333. The van der Waals surface area contributed by atoms with Crippen molar-refractivity contribution in [3.63, 3.8) is 0 Å². The van der Waals surface area contributed by atoms with Crippen LogP contribution in [0.4, 0.5) is 0 Å². The molecule has 4 rings (SSSR count). The predicted octanol–water partition coefficient (Wildman–Crippen LogP) is -2.01. The van der Waals surface area contributed by atoms with Crippen LogP contribution in [0.2, 0.25) is 0 Å². The third-order valence-corrected chi connectivity index (χ3v) is 5.05. The van der Waals surface area contributed by atoms with E-state index in [9.17, 15) is 29.7 Å². The number of rotatable bonds is 5. The first kappa shape index (κ1) is 20.0. The number of imide groups is 1. The number of primary amides is 1. The van der Waals surface area contributed by atoms with Crippen LogP contribution in [0.1, 0.15) is 31.2 Å². The van der Waals surface area contributed by atoms with E-state index < -0.39 is 55.0 Å². The van der Waals surface area contributed by atoms with Crippen molar-refractivity contribution in [3.05, 3.63) is 47.4 Å². The summed E-state index contributed by atoms with van der Waals surface area (Å²) in [5.41, 5.74) is 5.27. The van der Waals surface area contributed by atoms with E-state index in [1.54, 1.807) is 12.1 Å². The number of hydrogen-bond acceptors (Lipinski definition) is 9. The van der Waals surface area contributed by atoms with Crippen molar-refractivity contribution in [3.8, 4) is 5.88 Å². The standard InChI is InChI=1S/C18H18N4O8/c19-14(26)10-15(21-6-20-10)30-18-11(13(25)12(24)9(5-23)29-18)22-16(27)7-3-1-2-4-8(7)17(22)28/h1-4,6,9,11-13,18,23-25H,5H2,(H2,19,26)(H,20,21)/t9-,11+,12-,13-,18+/m1/s1. The maximum atomic E-state index is 12.9. The van der Waals surface area contributed by atoms with Gasteiger partial charge in [0.1, 0.15) is 24.4 Å². The van der Waals surface area contributed by atoms with Crippen LogP contribution in [-0.2, 0) is 4.74 Å². The van der Waals surface area contributed by atoms with Crippen LogP contribution in [0.25, 0.3) is 0 Å². The van der Waals surface area contributed by atoms with E-state index in [0.717, 1.165) is 11.2 Å². The van der Waals surface area contributed by atoms with Gasteiger partial charge in [-0.1, -0.05) is 12.1 Å². The number of hydrogen-bond donors (Lipinski definition) is 5. The molecule has 0 unspecified atom stereocenters. The molecule has 3 heterocycles. The van der Waals surface area contributed by atoms with E-state index in [0.29, 0.717) is 0 Å². The molecule has 3 amide bonds.